The molecule has 0 aliphatic heterocycles. The summed E-state index contributed by atoms with van der Waals surface area (Å²) in [6.07, 6.45) is -0.0512. The van der Waals surface area contributed by atoms with E-state index in [2.05, 4.69) is 0 Å². The molecule has 0 fully saturated rings. The number of fused-ring (bicyclic) bond motifs is 1. The maximum Gasteiger partial charge on any atom is 0.339 e. The second-order valence-electron chi connectivity index (χ2n) is 5.14. The Labute approximate surface area is 133 Å². The van der Waals surface area contributed by atoms with Crippen molar-refractivity contribution < 1.29 is 23.8 Å². The highest BCUT2D eigenvalue weighted by Crippen LogP contribution is 2.37. The molecule has 0 spiro atoms. The van der Waals surface area contributed by atoms with Gasteiger partial charge in [0.05, 0.1) is 15.4 Å². The molecule has 8 nitrogen and oxygen atoms in total. The zero-order chi connectivity index (χ0) is 17.4. The summed E-state index contributed by atoms with van der Waals surface area (Å²) in [5.41, 5.74) is -0.933. The van der Waals surface area contributed by atoms with Gasteiger partial charge in [-0.25, -0.2) is 4.79 Å². The Morgan fingerprint density at radius 2 is 1.71 bits per heavy atom. The van der Waals surface area contributed by atoms with Gasteiger partial charge in [0.2, 0.25) is 0 Å². The monoisotopic (exact) mass is 332 g/mol. The predicted octanol–water partition coefficient (Wildman–Crippen LogP) is 3.10. The second-order valence-corrected chi connectivity index (χ2v) is 5.14. The molecule has 1 atom stereocenters. The minimum absolute atomic E-state index is 0.445. The van der Waals surface area contributed by atoms with E-state index in [9.17, 15) is 29.4 Å². The molecule has 0 heterocycles. The molecule has 3 rings (SSSR count). The number of hydrogen-bond donors (Lipinski definition) is 0. The minimum Gasteiger partial charge on any atom is -0.454 e. The average molecular weight is 332 g/mol. The fourth-order valence-corrected chi connectivity index (χ4v) is 2.49. The molecule has 0 aromatic heterocycles. The number of nitro groups is 2. The number of halogens is 1. The number of nitrogens with zero attached hydrogens (tertiary/aromatic N) is 2. The van der Waals surface area contributed by atoms with E-state index in [0.29, 0.717) is 18.6 Å². The summed E-state index contributed by atoms with van der Waals surface area (Å²) in [4.78, 5) is 31.5. The Morgan fingerprint density at radius 1 is 1.12 bits per heavy atom. The number of carbonyl (C=O) groups is 1. The molecule has 1 unspecified atom stereocenters. The number of benzene rings is 2. The Morgan fingerprint density at radius 3 is 2.25 bits per heavy atom. The van der Waals surface area contributed by atoms with Gasteiger partial charge >= 0.3 is 17.3 Å². The molecule has 0 N–H and O–H groups in total. The van der Waals surface area contributed by atoms with Crippen molar-refractivity contribution >= 4 is 17.3 Å². The maximum absolute atomic E-state index is 13.7. The van der Waals surface area contributed by atoms with Gasteiger partial charge in [0.25, 0.3) is 5.82 Å². The SMILES string of the molecule is O=C(OC1Cc2ccccc21)c1cc([N+](=O)[O-])c(F)c([N+](=O)[O-])c1. The van der Waals surface area contributed by atoms with Crippen molar-refractivity contribution in [2.24, 2.45) is 0 Å². The van der Waals surface area contributed by atoms with Crippen LogP contribution in [0.5, 0.6) is 0 Å². The highest BCUT2D eigenvalue weighted by atomic mass is 19.1. The summed E-state index contributed by atoms with van der Waals surface area (Å²) >= 11 is 0. The highest BCUT2D eigenvalue weighted by molar-refractivity contribution is 5.91. The van der Waals surface area contributed by atoms with Crippen LogP contribution in [-0.4, -0.2) is 15.8 Å². The molecule has 2 aromatic rings. The molecule has 1 aliphatic rings. The lowest BCUT2D eigenvalue weighted by molar-refractivity contribution is -0.399. The Balaban J connectivity index is 1.90. The number of rotatable bonds is 4. The van der Waals surface area contributed by atoms with Crippen LogP contribution < -0.4 is 0 Å². The molecular weight excluding hydrogens is 323 g/mol. The van der Waals surface area contributed by atoms with E-state index in [4.69, 9.17) is 4.74 Å². The summed E-state index contributed by atoms with van der Waals surface area (Å²) in [5.74, 6) is -2.59. The van der Waals surface area contributed by atoms with Crippen molar-refractivity contribution in [3.8, 4) is 0 Å². The molecule has 0 saturated heterocycles. The van der Waals surface area contributed by atoms with E-state index >= 15 is 0 Å². The Kier molecular flexibility index (Phi) is 3.68. The van der Waals surface area contributed by atoms with Gasteiger partial charge in [-0.1, -0.05) is 24.3 Å². The van der Waals surface area contributed by atoms with Crippen LogP contribution in [0.3, 0.4) is 0 Å². The molecule has 0 radical (unpaired) electrons. The molecule has 0 amide bonds. The quantitative estimate of drug-likeness (QED) is 0.483. The minimum atomic E-state index is -1.60. The topological polar surface area (TPSA) is 113 Å². The number of carbonyl (C=O) groups excluding carboxylic acids is 1. The van der Waals surface area contributed by atoms with Gasteiger partial charge in [-0.15, -0.1) is 0 Å². The average Bonchev–Trinajstić information content (AvgIpc) is 2.52. The van der Waals surface area contributed by atoms with E-state index in [1.165, 1.54) is 0 Å². The van der Waals surface area contributed by atoms with E-state index < -0.39 is 44.7 Å². The zero-order valence-electron chi connectivity index (χ0n) is 12.0. The van der Waals surface area contributed by atoms with Crippen LogP contribution in [0.15, 0.2) is 36.4 Å². The lowest BCUT2D eigenvalue weighted by Gasteiger charge is -2.29. The summed E-state index contributed by atoms with van der Waals surface area (Å²) < 4.78 is 18.9. The van der Waals surface area contributed by atoms with Gasteiger partial charge in [-0.05, 0) is 11.1 Å². The summed E-state index contributed by atoms with van der Waals surface area (Å²) in [7, 11) is 0. The van der Waals surface area contributed by atoms with Crippen LogP contribution in [0.1, 0.15) is 27.6 Å². The normalized spacial score (nSPS) is 15.1. The summed E-state index contributed by atoms with van der Waals surface area (Å²) in [5, 5.41) is 21.6. The molecule has 2 aromatic carbocycles. The first-order valence-electron chi connectivity index (χ1n) is 6.79. The van der Waals surface area contributed by atoms with Crippen LogP contribution in [0.25, 0.3) is 0 Å². The van der Waals surface area contributed by atoms with E-state index in [1.807, 2.05) is 12.1 Å². The van der Waals surface area contributed by atoms with Crippen molar-refractivity contribution in [1.29, 1.82) is 0 Å². The van der Waals surface area contributed by atoms with Crippen molar-refractivity contribution in [3.05, 3.63) is 79.1 Å². The first-order chi connectivity index (χ1) is 11.4. The van der Waals surface area contributed by atoms with Gasteiger partial charge in [0, 0.05) is 18.6 Å². The summed E-state index contributed by atoms with van der Waals surface area (Å²) in [6, 6.07) is 8.51. The number of esters is 1. The van der Waals surface area contributed by atoms with Gasteiger partial charge in [0.15, 0.2) is 0 Å². The molecule has 9 heteroatoms. The standard InChI is InChI=1S/C15H9FN2O6/c16-14-11(17(20)21)5-9(6-12(14)18(22)23)15(19)24-13-7-8-3-1-2-4-10(8)13/h1-6,13H,7H2. The molecule has 24 heavy (non-hydrogen) atoms. The Hall–Kier alpha value is -3.36. The predicted molar refractivity (Wildman–Crippen MR) is 78.0 cm³/mol. The fourth-order valence-electron chi connectivity index (χ4n) is 2.49. The molecule has 122 valence electrons. The number of nitro benzene ring substituents is 2. The van der Waals surface area contributed by atoms with Gasteiger partial charge < -0.3 is 4.74 Å². The smallest absolute Gasteiger partial charge is 0.339 e. The van der Waals surface area contributed by atoms with E-state index in [1.54, 1.807) is 12.1 Å². The maximum atomic E-state index is 13.7. The van der Waals surface area contributed by atoms with Gasteiger partial charge in [-0.3, -0.25) is 20.2 Å². The Bertz CT molecular complexity index is 847. The number of hydrogen-bond acceptors (Lipinski definition) is 6. The lowest BCUT2D eigenvalue weighted by Crippen LogP contribution is -2.23. The second kappa shape index (κ2) is 5.69. The largest absolute Gasteiger partial charge is 0.454 e. The third-order valence-corrected chi connectivity index (χ3v) is 3.72. The van der Waals surface area contributed by atoms with E-state index in [0.717, 1.165) is 11.1 Å². The van der Waals surface area contributed by atoms with Crippen molar-refractivity contribution in [3.63, 3.8) is 0 Å². The van der Waals surface area contributed by atoms with Crippen LogP contribution in [-0.2, 0) is 11.2 Å². The highest BCUT2D eigenvalue weighted by Gasteiger charge is 2.32. The lowest BCUT2D eigenvalue weighted by atomic mass is 9.85. The van der Waals surface area contributed by atoms with Crippen LogP contribution in [0.2, 0.25) is 0 Å². The third-order valence-electron chi connectivity index (χ3n) is 3.72. The molecule has 0 bridgehead atoms. The van der Waals surface area contributed by atoms with Gasteiger partial charge in [-0.2, -0.15) is 4.39 Å². The van der Waals surface area contributed by atoms with Gasteiger partial charge in [0.1, 0.15) is 6.10 Å². The van der Waals surface area contributed by atoms with Crippen LogP contribution >= 0.6 is 0 Å². The molecular formula is C15H9FN2O6. The first kappa shape index (κ1) is 15.5. The third kappa shape index (κ3) is 2.56. The van der Waals surface area contributed by atoms with Crippen LogP contribution in [0, 0.1) is 26.0 Å². The van der Waals surface area contributed by atoms with Crippen molar-refractivity contribution in [1.82, 2.24) is 0 Å². The zero-order valence-corrected chi connectivity index (χ0v) is 12.0. The fraction of sp³-hybridized carbons (Fsp3) is 0.133. The number of ether oxygens (including phenoxy) is 1. The summed E-state index contributed by atoms with van der Waals surface area (Å²) in [6.45, 7) is 0. The molecule has 1 aliphatic carbocycles. The van der Waals surface area contributed by atoms with Crippen LogP contribution in [0.4, 0.5) is 15.8 Å². The first-order valence-corrected chi connectivity index (χ1v) is 6.79. The van der Waals surface area contributed by atoms with Crippen molar-refractivity contribution in [2.75, 3.05) is 0 Å². The molecule has 0 saturated carbocycles. The van der Waals surface area contributed by atoms with Crippen molar-refractivity contribution in [2.45, 2.75) is 12.5 Å². The van der Waals surface area contributed by atoms with E-state index in [-0.39, 0.29) is 0 Å².